The van der Waals surface area contributed by atoms with Crippen LogP contribution >= 0.6 is 11.6 Å². The lowest BCUT2D eigenvalue weighted by Gasteiger charge is -2.03. The molecular formula is C8H9ClN4. The molecule has 4 nitrogen and oxygen atoms in total. The van der Waals surface area contributed by atoms with Gasteiger partial charge in [-0.3, -0.25) is 0 Å². The predicted molar refractivity (Wildman–Crippen MR) is 56.1 cm³/mol. The van der Waals surface area contributed by atoms with E-state index in [2.05, 4.69) is 16.8 Å². The van der Waals surface area contributed by atoms with E-state index in [1.54, 1.807) is 18.2 Å². The van der Waals surface area contributed by atoms with E-state index >= 15 is 0 Å². The molecule has 1 rings (SSSR count). The van der Waals surface area contributed by atoms with Gasteiger partial charge in [-0.1, -0.05) is 11.6 Å². The quantitative estimate of drug-likeness (QED) is 0.233. The van der Waals surface area contributed by atoms with E-state index in [9.17, 15) is 0 Å². The summed E-state index contributed by atoms with van der Waals surface area (Å²) in [6, 6.07) is 4.98. The average molecular weight is 197 g/mol. The van der Waals surface area contributed by atoms with E-state index < -0.39 is 0 Å². The summed E-state index contributed by atoms with van der Waals surface area (Å²) in [4.78, 5) is 3.62. The Bertz CT molecular complexity index is 359. The van der Waals surface area contributed by atoms with Gasteiger partial charge in [0.05, 0.1) is 0 Å². The molecule has 0 fully saturated rings. The highest BCUT2D eigenvalue weighted by Gasteiger charge is 2.05. The zero-order valence-electron chi connectivity index (χ0n) is 6.87. The minimum Gasteiger partial charge on any atom is -0.398 e. The van der Waals surface area contributed by atoms with E-state index in [0.717, 1.165) is 0 Å². The smallest absolute Gasteiger partial charge is 0.180 e. The molecule has 0 aliphatic rings. The number of hydrazone groups is 1. The van der Waals surface area contributed by atoms with Crippen LogP contribution in [0.15, 0.2) is 28.3 Å². The predicted octanol–water partition coefficient (Wildman–Crippen LogP) is 1.24. The van der Waals surface area contributed by atoms with Crippen molar-refractivity contribution in [3.63, 3.8) is 0 Å². The topological polar surface area (TPSA) is 76.8 Å². The van der Waals surface area contributed by atoms with Crippen LogP contribution in [0.4, 0.5) is 5.69 Å². The Labute approximate surface area is 80.9 Å². The number of rotatable bonds is 1. The van der Waals surface area contributed by atoms with Gasteiger partial charge in [-0.2, -0.15) is 5.10 Å². The fourth-order valence-corrected chi connectivity index (χ4v) is 1.11. The molecule has 0 saturated heterocycles. The lowest BCUT2D eigenvalue weighted by atomic mass is 10.1. The molecule has 0 unspecified atom stereocenters. The van der Waals surface area contributed by atoms with Gasteiger partial charge in [0, 0.05) is 16.3 Å². The molecule has 0 bridgehead atoms. The first-order chi connectivity index (χ1) is 6.19. The van der Waals surface area contributed by atoms with Crippen molar-refractivity contribution >= 4 is 29.8 Å². The van der Waals surface area contributed by atoms with Gasteiger partial charge in [-0.05, 0) is 24.9 Å². The standard InChI is InChI=1S/C8H9ClN4/c1-12-8(13-11)6-3-2-5(9)4-7(6)10/h2-4H,1,10-11H2/b13-8+. The van der Waals surface area contributed by atoms with E-state index in [1.807, 2.05) is 0 Å². The summed E-state index contributed by atoms with van der Waals surface area (Å²) < 4.78 is 0. The van der Waals surface area contributed by atoms with Crippen LogP contribution in [-0.2, 0) is 0 Å². The molecule has 1 aromatic carbocycles. The summed E-state index contributed by atoms with van der Waals surface area (Å²) in [5.41, 5.74) is 6.77. The maximum Gasteiger partial charge on any atom is 0.180 e. The molecular weight excluding hydrogens is 188 g/mol. The van der Waals surface area contributed by atoms with Crippen molar-refractivity contribution in [1.82, 2.24) is 0 Å². The molecule has 68 valence electrons. The summed E-state index contributed by atoms with van der Waals surface area (Å²) in [5, 5.41) is 3.99. The number of nitrogens with zero attached hydrogens (tertiary/aromatic N) is 2. The fraction of sp³-hybridized carbons (Fsp3) is 0. The van der Waals surface area contributed by atoms with Gasteiger partial charge >= 0.3 is 0 Å². The summed E-state index contributed by atoms with van der Waals surface area (Å²) in [5.74, 6) is 5.39. The largest absolute Gasteiger partial charge is 0.398 e. The Morgan fingerprint density at radius 2 is 2.15 bits per heavy atom. The molecule has 4 N–H and O–H groups in total. The van der Waals surface area contributed by atoms with Crippen molar-refractivity contribution in [2.24, 2.45) is 15.9 Å². The van der Waals surface area contributed by atoms with Crippen LogP contribution in [0.1, 0.15) is 5.56 Å². The van der Waals surface area contributed by atoms with Crippen LogP contribution < -0.4 is 11.6 Å². The number of amidine groups is 1. The first-order valence-electron chi connectivity index (χ1n) is 3.49. The Balaban J connectivity index is 3.22. The van der Waals surface area contributed by atoms with Crippen LogP contribution in [0.2, 0.25) is 5.02 Å². The van der Waals surface area contributed by atoms with Crippen LogP contribution in [0.3, 0.4) is 0 Å². The van der Waals surface area contributed by atoms with E-state index in [-0.39, 0.29) is 0 Å². The fourth-order valence-electron chi connectivity index (χ4n) is 0.933. The number of aliphatic imine (C=N–C) groups is 1. The van der Waals surface area contributed by atoms with Gasteiger partial charge in [-0.25, -0.2) is 4.99 Å². The van der Waals surface area contributed by atoms with E-state index in [4.69, 9.17) is 23.2 Å². The zero-order valence-corrected chi connectivity index (χ0v) is 7.62. The monoisotopic (exact) mass is 196 g/mol. The first-order valence-corrected chi connectivity index (χ1v) is 3.87. The molecule has 0 aliphatic heterocycles. The number of anilines is 1. The number of nitrogens with two attached hydrogens (primary N) is 2. The van der Waals surface area contributed by atoms with E-state index in [1.165, 1.54) is 0 Å². The molecule has 0 spiro atoms. The first kappa shape index (κ1) is 9.54. The molecule has 0 heterocycles. The Morgan fingerprint density at radius 1 is 1.46 bits per heavy atom. The lowest BCUT2D eigenvalue weighted by Crippen LogP contribution is -2.04. The highest BCUT2D eigenvalue weighted by Crippen LogP contribution is 2.18. The van der Waals surface area contributed by atoms with Crippen molar-refractivity contribution in [2.75, 3.05) is 5.73 Å². The summed E-state index contributed by atoms with van der Waals surface area (Å²) in [6.07, 6.45) is 0. The van der Waals surface area contributed by atoms with Crippen LogP contribution in [0, 0.1) is 0 Å². The van der Waals surface area contributed by atoms with Gasteiger partial charge in [0.2, 0.25) is 0 Å². The molecule has 13 heavy (non-hydrogen) atoms. The van der Waals surface area contributed by atoms with Crippen molar-refractivity contribution < 1.29 is 0 Å². The molecule has 0 saturated carbocycles. The number of halogens is 1. The highest BCUT2D eigenvalue weighted by atomic mass is 35.5. The molecule has 1 aromatic rings. The third kappa shape index (κ3) is 1.97. The average Bonchev–Trinajstić information content (AvgIpc) is 2.10. The van der Waals surface area contributed by atoms with Crippen molar-refractivity contribution in [2.45, 2.75) is 0 Å². The molecule has 5 heteroatoms. The molecule has 0 radical (unpaired) electrons. The van der Waals surface area contributed by atoms with Crippen molar-refractivity contribution in [1.29, 1.82) is 0 Å². The maximum absolute atomic E-state index is 5.71. The minimum absolute atomic E-state index is 0.300. The van der Waals surface area contributed by atoms with Gasteiger partial charge in [0.15, 0.2) is 5.84 Å². The Kier molecular flexibility index (Phi) is 2.87. The lowest BCUT2D eigenvalue weighted by molar-refractivity contribution is 1.23. The van der Waals surface area contributed by atoms with Gasteiger partial charge < -0.3 is 11.6 Å². The van der Waals surface area contributed by atoms with Crippen LogP contribution in [0.5, 0.6) is 0 Å². The normalized spacial score (nSPS) is 11.3. The Hall–Kier alpha value is -1.55. The Morgan fingerprint density at radius 3 is 2.62 bits per heavy atom. The van der Waals surface area contributed by atoms with Crippen molar-refractivity contribution in [3.8, 4) is 0 Å². The summed E-state index contributed by atoms with van der Waals surface area (Å²) in [7, 11) is 0. The van der Waals surface area contributed by atoms with Gasteiger partial charge in [0.1, 0.15) is 0 Å². The number of hydrogen-bond donors (Lipinski definition) is 2. The zero-order chi connectivity index (χ0) is 9.84. The molecule has 0 atom stereocenters. The minimum atomic E-state index is 0.300. The number of benzene rings is 1. The van der Waals surface area contributed by atoms with Crippen molar-refractivity contribution in [3.05, 3.63) is 28.8 Å². The highest BCUT2D eigenvalue weighted by molar-refractivity contribution is 6.31. The summed E-state index contributed by atoms with van der Waals surface area (Å²) >= 11 is 5.71. The van der Waals surface area contributed by atoms with Crippen LogP contribution in [-0.4, -0.2) is 12.6 Å². The van der Waals surface area contributed by atoms with Gasteiger partial charge in [0.25, 0.3) is 0 Å². The maximum atomic E-state index is 5.71. The number of hydrogen-bond acceptors (Lipinski definition) is 3. The second-order valence-electron chi connectivity index (χ2n) is 2.34. The van der Waals surface area contributed by atoms with Crippen LogP contribution in [0.25, 0.3) is 0 Å². The summed E-state index contributed by atoms with van der Waals surface area (Å²) in [6.45, 7) is 3.32. The molecule has 0 aliphatic carbocycles. The molecule has 0 aromatic heterocycles. The number of nitrogen functional groups attached to an aromatic ring is 1. The second-order valence-corrected chi connectivity index (χ2v) is 2.78. The SMILES string of the molecule is C=N/C(=N/N)c1ccc(Cl)cc1N. The van der Waals surface area contributed by atoms with Gasteiger partial charge in [-0.15, -0.1) is 0 Å². The van der Waals surface area contributed by atoms with E-state index in [0.29, 0.717) is 22.1 Å². The third-order valence-electron chi connectivity index (χ3n) is 1.53. The third-order valence-corrected chi connectivity index (χ3v) is 1.76. The molecule has 0 amide bonds. The second kappa shape index (κ2) is 3.91.